The standard InChI is InChI=1S/C53H38O4.C31H20F6N2O2/c1-35-11-15-37(16-12-35)51(54)39-19-27-43(28-20-39)56-45-31-23-41(24-32-45)53(49-9-5-3-7-47(49)48-8-4-6-10-50(48)53)42-25-33-46(34-26-42)57-44-29-21-40(22-30-44)52(55)38-17-13-36(2)14-18-38;1-19-5-3-7-27(25(19)17-38)40-23-13-9-21(10-14-23)29(30(32,33)34,31(35,36)37)22-11-15-24(16-12-22)41-28-8-4-6-20(2)26(28)18-39/h3-34H,1-2H3;3-16H,1-2H3. The second kappa shape index (κ2) is 27.2. The molecule has 12 aromatic rings. The molecule has 14 heteroatoms. The third-order valence-electron chi connectivity index (χ3n) is 17.4. The molecule has 0 saturated carbocycles. The smallest absolute Gasteiger partial charge is 0.411 e. The van der Waals surface area contributed by atoms with Gasteiger partial charge in [0.1, 0.15) is 58.1 Å². The van der Waals surface area contributed by atoms with E-state index in [4.69, 9.17) is 18.9 Å². The molecule has 0 bridgehead atoms. The molecule has 0 aliphatic heterocycles. The van der Waals surface area contributed by atoms with E-state index in [0.717, 1.165) is 46.5 Å². The van der Waals surface area contributed by atoms with Crippen LogP contribution in [-0.2, 0) is 10.8 Å². The minimum Gasteiger partial charge on any atom is -0.457 e. The van der Waals surface area contributed by atoms with Crippen LogP contribution in [-0.4, -0.2) is 23.9 Å². The first-order valence-electron chi connectivity index (χ1n) is 31.1. The number of nitrogens with zero attached hydrogens (tertiary/aromatic N) is 2. The van der Waals surface area contributed by atoms with E-state index in [1.807, 2.05) is 147 Å². The number of ether oxygens (including phenoxy) is 4. The first kappa shape index (κ1) is 65.8. The van der Waals surface area contributed by atoms with Gasteiger partial charge in [-0.2, -0.15) is 36.9 Å². The normalized spacial score (nSPS) is 12.1. The SMILES string of the molecule is Cc1ccc(C(=O)c2ccc(Oc3ccc(C4(c5ccc(Oc6ccc(C(=O)c7ccc(C)cc7)cc6)cc5)c5ccccc5-c5ccccc54)cc3)cc2)cc1.Cc1cccc(Oc2ccc(C(c3ccc(Oc4cccc(C)c4C#N)cc3)(C(F)(F)F)C(F)(F)F)cc2)c1C#N. The number of halogens is 6. The highest BCUT2D eigenvalue weighted by Crippen LogP contribution is 2.58. The van der Waals surface area contributed by atoms with Crippen molar-refractivity contribution in [1.82, 2.24) is 0 Å². The zero-order chi connectivity index (χ0) is 68.9. The average Bonchev–Trinajstić information content (AvgIpc) is 1.45. The maximum Gasteiger partial charge on any atom is 0.411 e. The van der Waals surface area contributed by atoms with Crippen LogP contribution in [0.2, 0.25) is 0 Å². The topological polar surface area (TPSA) is 119 Å². The number of alkyl halides is 6. The molecule has 98 heavy (non-hydrogen) atoms. The molecule has 1 aliphatic carbocycles. The second-order valence-electron chi connectivity index (χ2n) is 23.7. The summed E-state index contributed by atoms with van der Waals surface area (Å²) in [6, 6.07) is 83.9. The lowest BCUT2D eigenvalue weighted by Gasteiger charge is -2.38. The number of rotatable bonds is 16. The number of fused-ring (bicyclic) bond motifs is 3. The van der Waals surface area contributed by atoms with Crippen molar-refractivity contribution in [2.45, 2.75) is 50.9 Å². The highest BCUT2D eigenvalue weighted by atomic mass is 19.4. The van der Waals surface area contributed by atoms with Gasteiger partial charge >= 0.3 is 12.4 Å². The summed E-state index contributed by atoms with van der Waals surface area (Å²) in [5.74, 6) is 2.78. The second-order valence-corrected chi connectivity index (χ2v) is 23.7. The minimum absolute atomic E-state index is 0.0196. The number of aryl methyl sites for hydroxylation is 4. The molecule has 8 nitrogen and oxygen atoms in total. The van der Waals surface area contributed by atoms with Gasteiger partial charge in [-0.25, -0.2) is 0 Å². The van der Waals surface area contributed by atoms with Crippen LogP contribution in [0, 0.1) is 50.4 Å². The number of carbonyl (C=O) groups is 2. The molecule has 1 aliphatic rings. The van der Waals surface area contributed by atoms with E-state index in [1.165, 1.54) is 34.4 Å². The molecule has 0 aromatic heterocycles. The minimum atomic E-state index is -5.79. The summed E-state index contributed by atoms with van der Waals surface area (Å²) in [6.45, 7) is 7.34. The van der Waals surface area contributed by atoms with Gasteiger partial charge in [-0.3, -0.25) is 9.59 Å². The molecule has 0 unspecified atom stereocenters. The van der Waals surface area contributed by atoms with E-state index in [9.17, 15) is 46.5 Å². The summed E-state index contributed by atoms with van der Waals surface area (Å²) in [6.07, 6.45) is -11.6. The molecule has 0 N–H and O–H groups in total. The molecule has 482 valence electrons. The first-order valence-corrected chi connectivity index (χ1v) is 31.1. The number of hydrogen-bond acceptors (Lipinski definition) is 8. The van der Waals surface area contributed by atoms with Crippen molar-refractivity contribution in [2.24, 2.45) is 0 Å². The Hall–Kier alpha value is -12.3. The largest absolute Gasteiger partial charge is 0.457 e. The Morgan fingerprint density at radius 3 is 0.939 bits per heavy atom. The monoisotopic (exact) mass is 1300 g/mol. The van der Waals surface area contributed by atoms with Gasteiger partial charge in [0.05, 0.1) is 16.5 Å². The molecule has 0 radical (unpaired) electrons. The van der Waals surface area contributed by atoms with E-state index >= 15 is 0 Å². The Balaban J connectivity index is 0.000000198. The fraction of sp³-hybridized carbons (Fsp3) is 0.0952. The lowest BCUT2D eigenvalue weighted by molar-refractivity contribution is -0.288. The summed E-state index contributed by atoms with van der Waals surface area (Å²) in [7, 11) is 0. The van der Waals surface area contributed by atoms with Crippen LogP contribution in [0.15, 0.2) is 279 Å². The number of ketones is 2. The third kappa shape index (κ3) is 12.8. The van der Waals surface area contributed by atoms with Gasteiger partial charge in [0.15, 0.2) is 11.6 Å². The molecule has 0 amide bonds. The van der Waals surface area contributed by atoms with E-state index < -0.39 is 34.3 Å². The van der Waals surface area contributed by atoms with E-state index in [0.29, 0.717) is 80.6 Å². The Labute approximate surface area is 562 Å². The molecule has 0 atom stereocenters. The molecular weight excluding hydrogens is 1250 g/mol. The van der Waals surface area contributed by atoms with Crippen molar-refractivity contribution >= 4 is 11.6 Å². The summed E-state index contributed by atoms with van der Waals surface area (Å²) >= 11 is 0. The molecule has 0 saturated heterocycles. The van der Waals surface area contributed by atoms with E-state index in [2.05, 4.69) is 72.8 Å². The lowest BCUT2D eigenvalue weighted by atomic mass is 9.68. The molecule has 12 aromatic carbocycles. The van der Waals surface area contributed by atoms with Crippen LogP contribution in [0.25, 0.3) is 11.1 Å². The van der Waals surface area contributed by atoms with Crippen LogP contribution in [0.1, 0.15) is 98.6 Å². The van der Waals surface area contributed by atoms with Gasteiger partial charge in [0, 0.05) is 22.3 Å². The highest BCUT2D eigenvalue weighted by molar-refractivity contribution is 6.09. The molecular formula is C84H58F6N2O6. The fourth-order valence-electron chi connectivity index (χ4n) is 12.5. The maximum atomic E-state index is 14.6. The van der Waals surface area contributed by atoms with Gasteiger partial charge in [0.2, 0.25) is 5.41 Å². The zero-order valence-electron chi connectivity index (χ0n) is 53.2. The Bertz CT molecular complexity index is 4680. The van der Waals surface area contributed by atoms with Gasteiger partial charge in [-0.15, -0.1) is 0 Å². The van der Waals surface area contributed by atoms with E-state index in [-0.39, 0.29) is 45.7 Å². The maximum absolute atomic E-state index is 14.6. The summed E-state index contributed by atoms with van der Waals surface area (Å²) in [4.78, 5) is 26.1. The van der Waals surface area contributed by atoms with Gasteiger partial charge in [0.25, 0.3) is 0 Å². The lowest BCUT2D eigenvalue weighted by Crippen LogP contribution is -2.54. The number of carbonyl (C=O) groups excluding carboxylic acids is 2. The van der Waals surface area contributed by atoms with Crippen LogP contribution in [0.3, 0.4) is 0 Å². The number of benzene rings is 12. The van der Waals surface area contributed by atoms with Crippen LogP contribution < -0.4 is 18.9 Å². The molecule has 0 fully saturated rings. The van der Waals surface area contributed by atoms with Gasteiger partial charge < -0.3 is 18.9 Å². The Kier molecular flexibility index (Phi) is 18.3. The molecule has 0 heterocycles. The first-order chi connectivity index (χ1) is 47.2. The zero-order valence-corrected chi connectivity index (χ0v) is 53.2. The van der Waals surface area contributed by atoms with Crippen molar-refractivity contribution in [2.75, 3.05) is 0 Å². The number of nitriles is 2. The highest BCUT2D eigenvalue weighted by Gasteiger charge is 2.72. The van der Waals surface area contributed by atoms with Crippen LogP contribution >= 0.6 is 0 Å². The van der Waals surface area contributed by atoms with Gasteiger partial charge in [-0.05, 0) is 193 Å². The van der Waals surface area contributed by atoms with Crippen molar-refractivity contribution in [3.05, 3.63) is 368 Å². The van der Waals surface area contributed by atoms with Crippen molar-refractivity contribution in [1.29, 1.82) is 10.5 Å². The summed E-state index contributed by atoms with van der Waals surface area (Å²) < 4.78 is 111. The fourth-order valence-corrected chi connectivity index (χ4v) is 12.5. The van der Waals surface area contributed by atoms with E-state index in [1.54, 1.807) is 38.1 Å². The molecule has 13 rings (SSSR count). The van der Waals surface area contributed by atoms with Crippen LogP contribution in [0.5, 0.6) is 46.0 Å². The summed E-state index contributed by atoms with van der Waals surface area (Å²) in [5.41, 5.74) is 6.24. The van der Waals surface area contributed by atoms with Crippen molar-refractivity contribution < 1.29 is 54.9 Å². The predicted molar refractivity (Wildman–Crippen MR) is 364 cm³/mol. The number of hydrogen-bond donors (Lipinski definition) is 0. The predicted octanol–water partition coefficient (Wildman–Crippen LogP) is 21.8. The van der Waals surface area contributed by atoms with Gasteiger partial charge in [-0.1, -0.05) is 181 Å². The Morgan fingerprint density at radius 1 is 0.337 bits per heavy atom. The summed E-state index contributed by atoms with van der Waals surface area (Å²) in [5, 5.41) is 18.7. The molecule has 0 spiro atoms. The van der Waals surface area contributed by atoms with Crippen molar-refractivity contribution in [3.8, 4) is 69.3 Å². The quantitative estimate of drug-likeness (QED) is 0.0693. The Morgan fingerprint density at radius 2 is 0.622 bits per heavy atom. The average molecular weight is 1310 g/mol. The third-order valence-corrected chi connectivity index (χ3v) is 17.4. The van der Waals surface area contributed by atoms with Crippen molar-refractivity contribution in [3.63, 3.8) is 0 Å². The van der Waals surface area contributed by atoms with Crippen LogP contribution in [0.4, 0.5) is 26.3 Å².